The van der Waals surface area contributed by atoms with E-state index in [1.54, 1.807) is 18.2 Å². The number of halogens is 1. The summed E-state index contributed by atoms with van der Waals surface area (Å²) in [5.41, 5.74) is 1.53. The Labute approximate surface area is 128 Å². The van der Waals surface area contributed by atoms with E-state index in [1.165, 1.54) is 4.90 Å². The molecule has 1 aliphatic heterocycles. The predicted molar refractivity (Wildman–Crippen MR) is 81.9 cm³/mol. The highest BCUT2D eigenvalue weighted by Crippen LogP contribution is 2.26. The average molecular weight is 311 g/mol. The number of alkyl halides is 1. The monoisotopic (exact) mass is 310 g/mol. The molecule has 1 aromatic rings. The van der Waals surface area contributed by atoms with Crippen molar-refractivity contribution in [3.05, 3.63) is 29.3 Å². The van der Waals surface area contributed by atoms with Crippen molar-refractivity contribution in [2.75, 3.05) is 24.3 Å². The first kappa shape index (κ1) is 15.8. The molecular weight excluding hydrogens is 292 g/mol. The van der Waals surface area contributed by atoms with E-state index in [1.807, 2.05) is 13.8 Å². The van der Waals surface area contributed by atoms with Crippen LogP contribution >= 0.6 is 11.6 Å². The molecule has 1 atom stereocenters. The Kier molecular flexibility index (Phi) is 4.85. The summed E-state index contributed by atoms with van der Waals surface area (Å²) < 4.78 is 0. The Morgan fingerprint density at radius 3 is 2.52 bits per heavy atom. The Balaban J connectivity index is 2.17. The molecule has 5 nitrogen and oxygen atoms in total. The average Bonchev–Trinajstić information content (AvgIpc) is 2.69. The molecule has 21 heavy (non-hydrogen) atoms. The highest BCUT2D eigenvalue weighted by atomic mass is 35.5. The number of carbonyl (C=O) groups excluding carboxylic acids is 2. The van der Waals surface area contributed by atoms with E-state index in [0.717, 1.165) is 0 Å². The van der Waals surface area contributed by atoms with Crippen molar-refractivity contribution in [3.63, 3.8) is 0 Å². The summed E-state index contributed by atoms with van der Waals surface area (Å²) >= 11 is 5.53. The molecule has 1 aromatic carbocycles. The van der Waals surface area contributed by atoms with Gasteiger partial charge >= 0.3 is 0 Å². The Bertz CT molecular complexity index is 560. The molecule has 114 valence electrons. The van der Waals surface area contributed by atoms with Crippen molar-refractivity contribution in [2.24, 2.45) is 5.92 Å². The molecule has 2 rings (SSSR count). The second-order valence-electron chi connectivity index (χ2n) is 5.56. The zero-order chi connectivity index (χ0) is 15.6. The quantitative estimate of drug-likeness (QED) is 0.622. The number of benzene rings is 1. The molecule has 0 fully saturated rings. The van der Waals surface area contributed by atoms with Crippen LogP contribution in [0.15, 0.2) is 18.2 Å². The third kappa shape index (κ3) is 3.36. The number of fused-ring (bicyclic) bond motifs is 1. The molecule has 0 saturated carbocycles. The van der Waals surface area contributed by atoms with Gasteiger partial charge in [-0.2, -0.15) is 0 Å². The second-order valence-corrected chi connectivity index (χ2v) is 5.87. The van der Waals surface area contributed by atoms with E-state index in [9.17, 15) is 14.7 Å². The molecule has 1 unspecified atom stereocenters. The minimum Gasteiger partial charge on any atom is -0.390 e. The maximum Gasteiger partial charge on any atom is 0.261 e. The SMILES string of the molecule is CC(C)CN1C(=O)c2ccc(NCC(O)CCl)cc2C1=O. The van der Waals surface area contributed by atoms with Crippen LogP contribution in [0.4, 0.5) is 5.69 Å². The van der Waals surface area contributed by atoms with Gasteiger partial charge in [0.15, 0.2) is 0 Å². The molecule has 6 heteroatoms. The zero-order valence-corrected chi connectivity index (χ0v) is 12.9. The second kappa shape index (κ2) is 6.45. The van der Waals surface area contributed by atoms with Gasteiger partial charge < -0.3 is 10.4 Å². The van der Waals surface area contributed by atoms with Crippen LogP contribution in [0.3, 0.4) is 0 Å². The topological polar surface area (TPSA) is 69.6 Å². The predicted octanol–water partition coefficient (Wildman–Crippen LogP) is 1.95. The molecule has 1 aliphatic rings. The summed E-state index contributed by atoms with van der Waals surface area (Å²) in [5.74, 6) is -0.137. The fraction of sp³-hybridized carbons (Fsp3) is 0.467. The molecule has 2 N–H and O–H groups in total. The molecule has 2 amide bonds. The Morgan fingerprint density at radius 1 is 1.24 bits per heavy atom. The number of rotatable bonds is 6. The van der Waals surface area contributed by atoms with Gasteiger partial charge in [0, 0.05) is 18.8 Å². The van der Waals surface area contributed by atoms with Gasteiger partial charge in [0.1, 0.15) is 0 Å². The van der Waals surface area contributed by atoms with E-state index in [-0.39, 0.29) is 23.6 Å². The standard InChI is InChI=1S/C15H19ClN2O3/c1-9(2)8-18-14(20)12-4-3-10(5-13(12)15(18)21)17-7-11(19)6-16/h3-5,9,11,17,19H,6-8H2,1-2H3. The number of carbonyl (C=O) groups is 2. The highest BCUT2D eigenvalue weighted by molar-refractivity contribution is 6.21. The van der Waals surface area contributed by atoms with Gasteiger partial charge in [0.25, 0.3) is 11.8 Å². The van der Waals surface area contributed by atoms with Gasteiger partial charge in [-0.05, 0) is 24.1 Å². The lowest BCUT2D eigenvalue weighted by Gasteiger charge is -2.15. The minimum absolute atomic E-state index is 0.136. The third-order valence-corrected chi connectivity index (χ3v) is 3.59. The lowest BCUT2D eigenvalue weighted by Crippen LogP contribution is -2.33. The number of aliphatic hydroxyl groups excluding tert-OH is 1. The van der Waals surface area contributed by atoms with Crippen molar-refractivity contribution in [1.29, 1.82) is 0 Å². The number of aliphatic hydroxyl groups is 1. The van der Waals surface area contributed by atoms with E-state index < -0.39 is 6.10 Å². The number of nitrogens with zero attached hydrogens (tertiary/aromatic N) is 1. The lowest BCUT2D eigenvalue weighted by atomic mass is 10.1. The molecule has 0 bridgehead atoms. The third-order valence-electron chi connectivity index (χ3n) is 3.24. The van der Waals surface area contributed by atoms with Crippen LogP contribution in [-0.2, 0) is 0 Å². The van der Waals surface area contributed by atoms with E-state index >= 15 is 0 Å². The molecule has 1 heterocycles. The van der Waals surface area contributed by atoms with Crippen molar-refractivity contribution in [3.8, 4) is 0 Å². The minimum atomic E-state index is -0.658. The summed E-state index contributed by atoms with van der Waals surface area (Å²) in [6, 6.07) is 5.02. The van der Waals surface area contributed by atoms with Crippen molar-refractivity contribution >= 4 is 29.1 Å². The lowest BCUT2D eigenvalue weighted by molar-refractivity contribution is 0.0636. The fourth-order valence-corrected chi connectivity index (χ4v) is 2.33. The number of hydrogen-bond donors (Lipinski definition) is 2. The van der Waals surface area contributed by atoms with Gasteiger partial charge in [-0.1, -0.05) is 13.8 Å². The first-order chi connectivity index (χ1) is 9.93. The smallest absolute Gasteiger partial charge is 0.261 e. The highest BCUT2D eigenvalue weighted by Gasteiger charge is 2.35. The molecule has 0 saturated heterocycles. The Morgan fingerprint density at radius 2 is 1.90 bits per heavy atom. The van der Waals surface area contributed by atoms with Crippen LogP contribution < -0.4 is 5.32 Å². The van der Waals surface area contributed by atoms with Gasteiger partial charge in [-0.15, -0.1) is 11.6 Å². The van der Waals surface area contributed by atoms with E-state index in [2.05, 4.69) is 5.32 Å². The normalized spacial score (nSPS) is 15.6. The van der Waals surface area contributed by atoms with Crippen LogP contribution in [0.5, 0.6) is 0 Å². The summed E-state index contributed by atoms with van der Waals surface area (Å²) in [7, 11) is 0. The Hall–Kier alpha value is -1.59. The molecule has 0 spiro atoms. The maximum atomic E-state index is 12.3. The number of amides is 2. The molecule has 0 aliphatic carbocycles. The van der Waals surface area contributed by atoms with Crippen LogP contribution in [0.1, 0.15) is 34.6 Å². The van der Waals surface area contributed by atoms with Gasteiger partial charge in [0.05, 0.1) is 23.1 Å². The first-order valence-electron chi connectivity index (χ1n) is 6.92. The summed E-state index contributed by atoms with van der Waals surface area (Å²) in [5, 5.41) is 12.4. The molecule has 0 radical (unpaired) electrons. The van der Waals surface area contributed by atoms with Crippen LogP contribution in [-0.4, -0.2) is 46.9 Å². The summed E-state index contributed by atoms with van der Waals surface area (Å²) in [4.78, 5) is 25.8. The first-order valence-corrected chi connectivity index (χ1v) is 7.45. The van der Waals surface area contributed by atoms with Crippen LogP contribution in [0.25, 0.3) is 0 Å². The van der Waals surface area contributed by atoms with Gasteiger partial charge in [0.2, 0.25) is 0 Å². The van der Waals surface area contributed by atoms with E-state index in [0.29, 0.717) is 29.9 Å². The van der Waals surface area contributed by atoms with Crippen LogP contribution in [0, 0.1) is 5.92 Å². The fourth-order valence-electron chi connectivity index (χ4n) is 2.22. The van der Waals surface area contributed by atoms with Gasteiger partial charge in [-0.3, -0.25) is 14.5 Å². The van der Waals surface area contributed by atoms with Crippen LogP contribution in [0.2, 0.25) is 0 Å². The van der Waals surface area contributed by atoms with Crippen molar-refractivity contribution < 1.29 is 14.7 Å². The number of nitrogens with one attached hydrogen (secondary N) is 1. The number of hydrogen-bond acceptors (Lipinski definition) is 4. The summed E-state index contributed by atoms with van der Waals surface area (Å²) in [6.45, 7) is 4.63. The van der Waals surface area contributed by atoms with E-state index in [4.69, 9.17) is 11.6 Å². The number of anilines is 1. The van der Waals surface area contributed by atoms with Gasteiger partial charge in [-0.25, -0.2) is 0 Å². The molecular formula is C15H19ClN2O3. The maximum absolute atomic E-state index is 12.3. The number of imide groups is 1. The molecule has 0 aromatic heterocycles. The van der Waals surface area contributed by atoms with Crippen molar-refractivity contribution in [1.82, 2.24) is 4.90 Å². The van der Waals surface area contributed by atoms with Crippen molar-refractivity contribution in [2.45, 2.75) is 20.0 Å². The zero-order valence-electron chi connectivity index (χ0n) is 12.1. The summed E-state index contributed by atoms with van der Waals surface area (Å²) in [6.07, 6.45) is -0.658. The largest absolute Gasteiger partial charge is 0.390 e.